The molecule has 2 N–H and O–H groups in total. The molecule has 1 aromatic rings. The van der Waals surface area contributed by atoms with Crippen molar-refractivity contribution in [1.82, 2.24) is 0 Å². The maximum absolute atomic E-state index is 10.9. The Morgan fingerprint density at radius 1 is 1.53 bits per heavy atom. The lowest BCUT2D eigenvalue weighted by atomic mass is 10.2. The molecule has 1 rings (SSSR count). The third-order valence-corrected chi connectivity index (χ3v) is 2.36. The molecular formula is C11H12ClNO4. The molecule has 0 saturated carbocycles. The molecule has 6 heteroatoms. The number of benzene rings is 1. The van der Waals surface area contributed by atoms with Crippen molar-refractivity contribution in [1.29, 1.82) is 0 Å². The zero-order chi connectivity index (χ0) is 13.0. The van der Waals surface area contributed by atoms with E-state index in [0.717, 1.165) is 0 Å². The molecule has 1 unspecified atom stereocenters. The number of aldehydes is 1. The van der Waals surface area contributed by atoms with Crippen LogP contribution < -0.4 is 15.2 Å². The minimum Gasteiger partial charge on any atom is -0.493 e. The number of rotatable bonds is 5. The minimum absolute atomic E-state index is 0.180. The molecule has 0 heterocycles. The van der Waals surface area contributed by atoms with Crippen molar-refractivity contribution >= 4 is 23.8 Å². The first-order valence-electron chi connectivity index (χ1n) is 4.78. The van der Waals surface area contributed by atoms with Crippen LogP contribution in [0.15, 0.2) is 12.1 Å². The average molecular weight is 258 g/mol. The van der Waals surface area contributed by atoms with Gasteiger partial charge in [-0.1, -0.05) is 11.6 Å². The lowest BCUT2D eigenvalue weighted by Gasteiger charge is -2.16. The molecule has 0 aromatic heterocycles. The minimum atomic E-state index is -0.844. The van der Waals surface area contributed by atoms with E-state index < -0.39 is 12.0 Å². The highest BCUT2D eigenvalue weighted by molar-refractivity contribution is 6.32. The number of amides is 1. The monoisotopic (exact) mass is 257 g/mol. The van der Waals surface area contributed by atoms with E-state index >= 15 is 0 Å². The van der Waals surface area contributed by atoms with Gasteiger partial charge >= 0.3 is 0 Å². The number of nitrogens with two attached hydrogens (primary N) is 1. The van der Waals surface area contributed by atoms with Gasteiger partial charge < -0.3 is 15.2 Å². The summed E-state index contributed by atoms with van der Waals surface area (Å²) in [6.07, 6.45) is -0.209. The van der Waals surface area contributed by atoms with E-state index in [4.69, 9.17) is 26.8 Å². The highest BCUT2D eigenvalue weighted by Gasteiger charge is 2.17. The molecular weight excluding hydrogens is 246 g/mol. The molecule has 0 fully saturated rings. The van der Waals surface area contributed by atoms with E-state index in [1.54, 1.807) is 0 Å². The quantitative estimate of drug-likeness (QED) is 0.809. The normalized spacial score (nSPS) is 11.7. The summed E-state index contributed by atoms with van der Waals surface area (Å²) in [5.74, 6) is -0.165. The van der Waals surface area contributed by atoms with Crippen LogP contribution in [-0.4, -0.2) is 25.4 Å². The fourth-order valence-corrected chi connectivity index (χ4v) is 1.42. The van der Waals surface area contributed by atoms with Crippen molar-refractivity contribution in [3.8, 4) is 11.5 Å². The number of halogens is 1. The Labute approximate surface area is 103 Å². The molecule has 0 aliphatic heterocycles. The van der Waals surface area contributed by atoms with Gasteiger partial charge in [-0.15, -0.1) is 0 Å². The summed E-state index contributed by atoms with van der Waals surface area (Å²) in [5, 5.41) is 0.180. The molecule has 5 nitrogen and oxygen atoms in total. The predicted octanol–water partition coefficient (Wildman–Crippen LogP) is 1.41. The second-order valence-corrected chi connectivity index (χ2v) is 3.72. The lowest BCUT2D eigenvalue weighted by Crippen LogP contribution is -2.30. The van der Waals surface area contributed by atoms with Crippen LogP contribution in [-0.2, 0) is 4.79 Å². The standard InChI is InChI=1S/C11H12ClNO4/c1-6(11(13)15)17-10-8(12)3-7(5-14)4-9(10)16-2/h3-6H,1-2H3,(H2,13,15). The number of primary amides is 1. The maximum Gasteiger partial charge on any atom is 0.258 e. The Bertz CT molecular complexity index is 447. The average Bonchev–Trinajstić information content (AvgIpc) is 2.30. The molecule has 1 aromatic carbocycles. The topological polar surface area (TPSA) is 78.6 Å². The third-order valence-electron chi connectivity index (χ3n) is 2.08. The highest BCUT2D eigenvalue weighted by Crippen LogP contribution is 2.36. The van der Waals surface area contributed by atoms with Gasteiger partial charge in [-0.05, 0) is 19.1 Å². The van der Waals surface area contributed by atoms with Gasteiger partial charge in [0, 0.05) is 5.56 Å². The summed E-state index contributed by atoms with van der Waals surface area (Å²) in [5.41, 5.74) is 5.43. The second-order valence-electron chi connectivity index (χ2n) is 3.31. The fraction of sp³-hybridized carbons (Fsp3) is 0.273. The number of carbonyl (C=O) groups excluding carboxylic acids is 2. The first-order valence-corrected chi connectivity index (χ1v) is 5.16. The lowest BCUT2D eigenvalue weighted by molar-refractivity contribution is -0.124. The van der Waals surface area contributed by atoms with Gasteiger partial charge in [-0.2, -0.15) is 0 Å². The van der Waals surface area contributed by atoms with Crippen LogP contribution in [0, 0.1) is 0 Å². The number of carbonyl (C=O) groups is 2. The number of hydrogen-bond acceptors (Lipinski definition) is 4. The number of ether oxygens (including phenoxy) is 2. The molecule has 0 radical (unpaired) electrons. The third kappa shape index (κ3) is 3.10. The Morgan fingerprint density at radius 2 is 2.18 bits per heavy atom. The molecule has 0 saturated heterocycles. The molecule has 0 aliphatic carbocycles. The van der Waals surface area contributed by atoms with Crippen LogP contribution in [0.1, 0.15) is 17.3 Å². The summed E-state index contributed by atoms with van der Waals surface area (Å²) in [6.45, 7) is 1.49. The van der Waals surface area contributed by atoms with E-state index in [9.17, 15) is 9.59 Å². The molecule has 1 atom stereocenters. The summed E-state index contributed by atoms with van der Waals surface area (Å²) in [4.78, 5) is 21.5. The second kappa shape index (κ2) is 5.54. The van der Waals surface area contributed by atoms with Gasteiger partial charge in [0.2, 0.25) is 0 Å². The SMILES string of the molecule is COc1cc(C=O)cc(Cl)c1OC(C)C(N)=O. The molecule has 0 aliphatic rings. The van der Waals surface area contributed by atoms with Gasteiger partial charge in [0.15, 0.2) is 17.6 Å². The van der Waals surface area contributed by atoms with E-state index in [0.29, 0.717) is 11.8 Å². The zero-order valence-corrected chi connectivity index (χ0v) is 10.2. The van der Waals surface area contributed by atoms with Gasteiger partial charge in [0.05, 0.1) is 12.1 Å². The van der Waals surface area contributed by atoms with Crippen LogP contribution in [0.5, 0.6) is 11.5 Å². The number of hydrogen-bond donors (Lipinski definition) is 1. The zero-order valence-electron chi connectivity index (χ0n) is 9.40. The molecule has 0 bridgehead atoms. The van der Waals surface area contributed by atoms with Gasteiger partial charge in [0.1, 0.15) is 6.29 Å². The number of methoxy groups -OCH3 is 1. The first-order chi connectivity index (χ1) is 7.99. The van der Waals surface area contributed by atoms with Crippen LogP contribution in [0.3, 0.4) is 0 Å². The van der Waals surface area contributed by atoms with E-state index in [-0.39, 0.29) is 16.5 Å². The van der Waals surface area contributed by atoms with Crippen molar-refractivity contribution < 1.29 is 19.1 Å². The van der Waals surface area contributed by atoms with Crippen molar-refractivity contribution in [2.45, 2.75) is 13.0 Å². The van der Waals surface area contributed by atoms with Gasteiger partial charge in [-0.3, -0.25) is 9.59 Å². The van der Waals surface area contributed by atoms with E-state index in [1.165, 1.54) is 26.2 Å². The molecule has 17 heavy (non-hydrogen) atoms. The highest BCUT2D eigenvalue weighted by atomic mass is 35.5. The van der Waals surface area contributed by atoms with Crippen molar-refractivity contribution in [2.75, 3.05) is 7.11 Å². The smallest absolute Gasteiger partial charge is 0.258 e. The Balaban J connectivity index is 3.13. The summed E-state index contributed by atoms with van der Waals surface area (Å²) >= 11 is 5.92. The van der Waals surface area contributed by atoms with Crippen LogP contribution >= 0.6 is 11.6 Å². The Hall–Kier alpha value is -1.75. The molecule has 1 amide bonds. The predicted molar refractivity (Wildman–Crippen MR) is 62.7 cm³/mol. The largest absolute Gasteiger partial charge is 0.493 e. The van der Waals surface area contributed by atoms with Crippen molar-refractivity contribution in [2.24, 2.45) is 5.73 Å². The van der Waals surface area contributed by atoms with Gasteiger partial charge in [0.25, 0.3) is 5.91 Å². The van der Waals surface area contributed by atoms with Crippen LogP contribution in [0.2, 0.25) is 5.02 Å². The summed E-state index contributed by atoms with van der Waals surface area (Å²) in [7, 11) is 1.40. The Morgan fingerprint density at radius 3 is 2.65 bits per heavy atom. The van der Waals surface area contributed by atoms with Crippen molar-refractivity contribution in [3.05, 3.63) is 22.7 Å². The van der Waals surface area contributed by atoms with E-state index in [2.05, 4.69) is 0 Å². The first kappa shape index (κ1) is 13.3. The fourth-order valence-electron chi connectivity index (χ4n) is 1.16. The maximum atomic E-state index is 10.9. The van der Waals surface area contributed by atoms with Crippen molar-refractivity contribution in [3.63, 3.8) is 0 Å². The summed E-state index contributed by atoms with van der Waals surface area (Å²) < 4.78 is 10.3. The van der Waals surface area contributed by atoms with E-state index in [1.807, 2.05) is 0 Å². The molecule has 0 spiro atoms. The van der Waals surface area contributed by atoms with Gasteiger partial charge in [-0.25, -0.2) is 0 Å². The van der Waals surface area contributed by atoms with Crippen LogP contribution in [0.4, 0.5) is 0 Å². The Kier molecular flexibility index (Phi) is 4.34. The summed E-state index contributed by atoms with van der Waals surface area (Å²) in [6, 6.07) is 2.88. The van der Waals surface area contributed by atoms with Crippen LogP contribution in [0.25, 0.3) is 0 Å². The molecule has 92 valence electrons.